The van der Waals surface area contributed by atoms with Crippen LogP contribution in [0, 0.1) is 5.41 Å². The summed E-state index contributed by atoms with van der Waals surface area (Å²) < 4.78 is 10.6. The lowest BCUT2D eigenvalue weighted by atomic mass is 10.0. The van der Waals surface area contributed by atoms with E-state index in [0.29, 0.717) is 28.3 Å². The largest absolute Gasteiger partial charge is 0.454 e. The second-order valence-electron chi connectivity index (χ2n) is 5.68. The molecule has 0 saturated carbocycles. The number of carbonyl (C=O) groups excluding carboxylic acids is 1. The van der Waals surface area contributed by atoms with Crippen LogP contribution in [0.25, 0.3) is 10.8 Å². The van der Waals surface area contributed by atoms with Gasteiger partial charge in [-0.05, 0) is 35.7 Å². The fourth-order valence-corrected chi connectivity index (χ4v) is 2.78. The molecule has 3 aromatic carbocycles. The van der Waals surface area contributed by atoms with Crippen molar-refractivity contribution < 1.29 is 14.3 Å². The van der Waals surface area contributed by atoms with Crippen molar-refractivity contribution in [2.75, 3.05) is 12.1 Å². The molecule has 0 unspecified atom stereocenters. The molecule has 0 spiro atoms. The first-order chi connectivity index (χ1) is 12.1. The molecule has 0 fully saturated rings. The topological polar surface area (TPSA) is 97.4 Å². The Morgan fingerprint density at radius 3 is 2.64 bits per heavy atom. The molecule has 4 rings (SSSR count). The summed E-state index contributed by atoms with van der Waals surface area (Å²) in [5, 5.41) is 12.3. The van der Waals surface area contributed by atoms with Crippen molar-refractivity contribution in [1.82, 2.24) is 0 Å². The number of nitrogens with two attached hydrogens (primary N) is 1. The zero-order chi connectivity index (χ0) is 17.4. The van der Waals surface area contributed by atoms with E-state index in [9.17, 15) is 4.79 Å². The summed E-state index contributed by atoms with van der Waals surface area (Å²) in [7, 11) is 0. The van der Waals surface area contributed by atoms with E-state index in [4.69, 9.17) is 20.6 Å². The Labute approximate surface area is 143 Å². The molecule has 0 bridgehead atoms. The highest BCUT2D eigenvalue weighted by atomic mass is 16.7. The van der Waals surface area contributed by atoms with E-state index in [1.165, 1.54) is 0 Å². The first kappa shape index (κ1) is 15.0. The number of amides is 1. The van der Waals surface area contributed by atoms with Crippen LogP contribution in [-0.2, 0) is 0 Å². The molecule has 25 heavy (non-hydrogen) atoms. The molecule has 1 heterocycles. The molecular formula is C19H15N3O3. The van der Waals surface area contributed by atoms with Crippen molar-refractivity contribution in [3.05, 3.63) is 65.7 Å². The van der Waals surface area contributed by atoms with Gasteiger partial charge in [0.25, 0.3) is 5.91 Å². The van der Waals surface area contributed by atoms with Gasteiger partial charge in [-0.15, -0.1) is 0 Å². The minimum absolute atomic E-state index is 0.0150. The number of ether oxygens (including phenoxy) is 2. The number of hydrogen-bond acceptors (Lipinski definition) is 4. The van der Waals surface area contributed by atoms with Crippen molar-refractivity contribution in [1.29, 1.82) is 5.41 Å². The van der Waals surface area contributed by atoms with Gasteiger partial charge >= 0.3 is 0 Å². The average Bonchev–Trinajstić information content (AvgIpc) is 3.09. The molecule has 1 amide bonds. The van der Waals surface area contributed by atoms with Crippen LogP contribution in [0.5, 0.6) is 11.5 Å². The van der Waals surface area contributed by atoms with E-state index < -0.39 is 0 Å². The maximum Gasteiger partial charge on any atom is 0.255 e. The second-order valence-corrected chi connectivity index (χ2v) is 5.68. The number of nitrogens with one attached hydrogen (secondary N) is 2. The van der Waals surface area contributed by atoms with Crippen LogP contribution in [0.3, 0.4) is 0 Å². The molecule has 1 aliphatic rings. The molecule has 0 aromatic heterocycles. The van der Waals surface area contributed by atoms with Gasteiger partial charge in [0.1, 0.15) is 5.84 Å². The quantitative estimate of drug-likeness (QED) is 0.507. The SMILES string of the molecule is N=C(N)c1ccc2cccc(NC(=O)c3ccc4c(c3)OCO4)c2c1. The maximum absolute atomic E-state index is 12.6. The molecule has 0 atom stereocenters. The van der Waals surface area contributed by atoms with Crippen molar-refractivity contribution in [3.8, 4) is 11.5 Å². The molecule has 6 heteroatoms. The van der Waals surface area contributed by atoms with Gasteiger partial charge in [-0.3, -0.25) is 10.2 Å². The van der Waals surface area contributed by atoms with Crippen LogP contribution in [0.15, 0.2) is 54.6 Å². The number of fused-ring (bicyclic) bond motifs is 2. The Morgan fingerprint density at radius 1 is 1.00 bits per heavy atom. The summed E-state index contributed by atoms with van der Waals surface area (Å²) in [6.07, 6.45) is 0. The zero-order valence-corrected chi connectivity index (χ0v) is 13.2. The minimum Gasteiger partial charge on any atom is -0.454 e. The highest BCUT2D eigenvalue weighted by molar-refractivity contribution is 6.10. The van der Waals surface area contributed by atoms with Crippen LogP contribution >= 0.6 is 0 Å². The smallest absolute Gasteiger partial charge is 0.255 e. The lowest BCUT2D eigenvalue weighted by molar-refractivity contribution is 0.102. The van der Waals surface area contributed by atoms with Gasteiger partial charge in [0, 0.05) is 22.2 Å². The number of benzene rings is 3. The first-order valence-electron chi connectivity index (χ1n) is 7.70. The van der Waals surface area contributed by atoms with Gasteiger partial charge in [-0.25, -0.2) is 0 Å². The van der Waals surface area contributed by atoms with Crippen molar-refractivity contribution >= 4 is 28.2 Å². The molecule has 4 N–H and O–H groups in total. The maximum atomic E-state index is 12.6. The third kappa shape index (κ3) is 2.74. The fourth-order valence-electron chi connectivity index (χ4n) is 2.78. The Hall–Kier alpha value is -3.54. The molecule has 124 valence electrons. The van der Waals surface area contributed by atoms with E-state index in [2.05, 4.69) is 5.32 Å². The summed E-state index contributed by atoms with van der Waals surface area (Å²) in [5.41, 5.74) is 7.31. The summed E-state index contributed by atoms with van der Waals surface area (Å²) in [4.78, 5) is 12.6. The lowest BCUT2D eigenvalue weighted by Gasteiger charge is -2.10. The van der Waals surface area contributed by atoms with Gasteiger partial charge in [0.2, 0.25) is 6.79 Å². The van der Waals surface area contributed by atoms with Gasteiger partial charge in [-0.2, -0.15) is 0 Å². The highest BCUT2D eigenvalue weighted by Gasteiger charge is 2.17. The predicted octanol–water partition coefficient (Wildman–Crippen LogP) is 3.10. The van der Waals surface area contributed by atoms with Gasteiger partial charge in [0.15, 0.2) is 11.5 Å². The normalized spacial score (nSPS) is 12.2. The minimum atomic E-state index is -0.251. The fraction of sp³-hybridized carbons (Fsp3) is 0.0526. The molecule has 0 radical (unpaired) electrons. The van der Waals surface area contributed by atoms with E-state index in [1.807, 2.05) is 24.3 Å². The molecular weight excluding hydrogens is 318 g/mol. The number of rotatable bonds is 3. The Bertz CT molecular complexity index is 1010. The van der Waals surface area contributed by atoms with Crippen LogP contribution in [0.2, 0.25) is 0 Å². The molecule has 3 aromatic rings. The predicted molar refractivity (Wildman–Crippen MR) is 95.5 cm³/mol. The van der Waals surface area contributed by atoms with Crippen LogP contribution in [-0.4, -0.2) is 18.5 Å². The van der Waals surface area contributed by atoms with Gasteiger partial charge in [-0.1, -0.05) is 24.3 Å². The van der Waals surface area contributed by atoms with Crippen molar-refractivity contribution in [3.63, 3.8) is 0 Å². The summed E-state index contributed by atoms with van der Waals surface area (Å²) in [6.45, 7) is 0.164. The summed E-state index contributed by atoms with van der Waals surface area (Å²) in [6, 6.07) is 16.1. The standard InChI is InChI=1S/C19H15N3O3/c20-18(21)12-5-4-11-2-1-3-15(14(11)8-12)22-19(23)13-6-7-16-17(9-13)25-10-24-16/h1-9H,10H2,(H3,20,21)(H,22,23). The van der Waals surface area contributed by atoms with Crippen LogP contribution < -0.4 is 20.5 Å². The zero-order valence-electron chi connectivity index (χ0n) is 13.2. The van der Waals surface area contributed by atoms with Crippen LogP contribution in [0.4, 0.5) is 5.69 Å². The Morgan fingerprint density at radius 2 is 1.80 bits per heavy atom. The average molecular weight is 333 g/mol. The van der Waals surface area contributed by atoms with Gasteiger partial charge < -0.3 is 20.5 Å². The van der Waals surface area contributed by atoms with Crippen LogP contribution in [0.1, 0.15) is 15.9 Å². The molecule has 0 saturated heterocycles. The number of anilines is 1. The highest BCUT2D eigenvalue weighted by Crippen LogP contribution is 2.33. The number of carbonyl (C=O) groups is 1. The summed E-state index contributed by atoms with van der Waals surface area (Å²) >= 11 is 0. The summed E-state index contributed by atoms with van der Waals surface area (Å²) in [5.74, 6) is 0.926. The monoisotopic (exact) mass is 333 g/mol. The van der Waals surface area contributed by atoms with E-state index in [-0.39, 0.29) is 18.5 Å². The lowest BCUT2D eigenvalue weighted by Crippen LogP contribution is -2.13. The first-order valence-corrected chi connectivity index (χ1v) is 7.70. The van der Waals surface area contributed by atoms with E-state index >= 15 is 0 Å². The second kappa shape index (κ2) is 5.83. The molecule has 0 aliphatic carbocycles. The number of hydrogen-bond donors (Lipinski definition) is 3. The molecule has 1 aliphatic heterocycles. The number of nitrogen functional groups attached to an aromatic ring is 1. The third-order valence-corrected chi connectivity index (χ3v) is 4.08. The van der Waals surface area contributed by atoms with E-state index in [0.717, 1.165) is 10.8 Å². The molecule has 6 nitrogen and oxygen atoms in total. The Kier molecular flexibility index (Phi) is 3.50. The third-order valence-electron chi connectivity index (χ3n) is 4.08. The number of amidine groups is 1. The van der Waals surface area contributed by atoms with E-state index in [1.54, 1.807) is 30.3 Å². The van der Waals surface area contributed by atoms with Crippen molar-refractivity contribution in [2.24, 2.45) is 5.73 Å². The van der Waals surface area contributed by atoms with Crippen molar-refractivity contribution in [2.45, 2.75) is 0 Å². The Balaban J connectivity index is 1.69. The van der Waals surface area contributed by atoms with Gasteiger partial charge in [0.05, 0.1) is 0 Å².